The van der Waals surface area contributed by atoms with Crippen LogP contribution in [0, 0.1) is 0 Å². The van der Waals surface area contributed by atoms with Gasteiger partial charge < -0.3 is 10.2 Å². The average Bonchev–Trinajstić information content (AvgIpc) is 2.29. The van der Waals surface area contributed by atoms with Gasteiger partial charge in [-0.3, -0.25) is 0 Å². The van der Waals surface area contributed by atoms with Crippen molar-refractivity contribution in [2.24, 2.45) is 0 Å². The van der Waals surface area contributed by atoms with E-state index < -0.39 is 0 Å². The molecule has 1 aliphatic heterocycles. The Morgan fingerprint density at radius 3 is 2.59 bits per heavy atom. The number of rotatable bonds is 3. The van der Waals surface area contributed by atoms with E-state index in [1.54, 1.807) is 6.20 Å². The first-order valence-corrected chi connectivity index (χ1v) is 6.39. The molecule has 1 N–H and O–H groups in total. The molecule has 94 valence electrons. The molecule has 0 amide bonds. The first-order valence-electron chi connectivity index (χ1n) is 6.39. The molecule has 0 atom stereocenters. The molecule has 4 heteroatoms. The molecule has 1 aromatic heterocycles. The fourth-order valence-electron chi connectivity index (χ4n) is 2.53. The highest BCUT2D eigenvalue weighted by Gasteiger charge is 2.30. The van der Waals surface area contributed by atoms with Crippen molar-refractivity contribution in [3.63, 3.8) is 0 Å². The molecule has 2 heterocycles. The molecule has 0 spiro atoms. The van der Waals surface area contributed by atoms with Crippen LogP contribution in [0.3, 0.4) is 0 Å². The molecule has 0 aromatic carbocycles. The van der Waals surface area contributed by atoms with Crippen molar-refractivity contribution in [2.75, 3.05) is 18.0 Å². The summed E-state index contributed by atoms with van der Waals surface area (Å²) < 4.78 is 0. The minimum absolute atomic E-state index is 0.271. The van der Waals surface area contributed by atoms with Gasteiger partial charge in [0.05, 0.1) is 0 Å². The summed E-state index contributed by atoms with van der Waals surface area (Å²) in [5.41, 5.74) is 0.271. The minimum Gasteiger partial charge on any atom is -0.355 e. The zero-order chi connectivity index (χ0) is 12.3. The van der Waals surface area contributed by atoms with Crippen LogP contribution in [0.15, 0.2) is 18.3 Å². The highest BCUT2D eigenvalue weighted by Crippen LogP contribution is 2.24. The van der Waals surface area contributed by atoms with Gasteiger partial charge in [0.15, 0.2) is 5.82 Å². The van der Waals surface area contributed by atoms with E-state index in [0.717, 1.165) is 31.7 Å². The van der Waals surface area contributed by atoms with Gasteiger partial charge in [-0.05, 0) is 31.9 Å². The second-order valence-corrected chi connectivity index (χ2v) is 5.43. The summed E-state index contributed by atoms with van der Waals surface area (Å²) in [6.45, 7) is 8.84. The number of anilines is 1. The van der Waals surface area contributed by atoms with Gasteiger partial charge in [0.1, 0.15) is 0 Å². The maximum atomic E-state index is 4.17. The van der Waals surface area contributed by atoms with Crippen molar-refractivity contribution in [3.05, 3.63) is 18.3 Å². The molecule has 0 saturated carbocycles. The Hall–Kier alpha value is -1.16. The van der Waals surface area contributed by atoms with Crippen LogP contribution in [-0.4, -0.2) is 34.9 Å². The second-order valence-electron chi connectivity index (χ2n) is 5.43. The standard InChI is InChI=1S/C13H22N4/c1-11(2)15-13(3)6-9-17(10-7-13)12-5-4-8-14-16-12/h4-5,8,11,15H,6-7,9-10H2,1-3H3. The summed E-state index contributed by atoms with van der Waals surface area (Å²) in [4.78, 5) is 2.32. The molecule has 17 heavy (non-hydrogen) atoms. The Labute approximate surface area is 103 Å². The van der Waals surface area contributed by atoms with Gasteiger partial charge >= 0.3 is 0 Å². The van der Waals surface area contributed by atoms with Gasteiger partial charge in [0.2, 0.25) is 0 Å². The van der Waals surface area contributed by atoms with Crippen molar-refractivity contribution < 1.29 is 0 Å². The molecule has 1 aromatic rings. The van der Waals surface area contributed by atoms with Crippen molar-refractivity contribution in [2.45, 2.75) is 45.2 Å². The van der Waals surface area contributed by atoms with Gasteiger partial charge in [-0.2, -0.15) is 5.10 Å². The van der Waals surface area contributed by atoms with Crippen LogP contribution in [0.4, 0.5) is 5.82 Å². The third kappa shape index (κ3) is 3.16. The Morgan fingerprint density at radius 1 is 1.35 bits per heavy atom. The zero-order valence-electron chi connectivity index (χ0n) is 11.0. The van der Waals surface area contributed by atoms with E-state index in [1.807, 2.05) is 12.1 Å². The third-order valence-electron chi connectivity index (χ3n) is 3.39. The predicted molar refractivity (Wildman–Crippen MR) is 70.2 cm³/mol. The average molecular weight is 234 g/mol. The topological polar surface area (TPSA) is 41.0 Å². The van der Waals surface area contributed by atoms with E-state index in [0.29, 0.717) is 6.04 Å². The number of aromatic nitrogens is 2. The lowest BCUT2D eigenvalue weighted by molar-refractivity contribution is 0.264. The lowest BCUT2D eigenvalue weighted by Crippen LogP contribution is -2.53. The Balaban J connectivity index is 1.94. The Bertz CT molecular complexity index is 342. The van der Waals surface area contributed by atoms with Crippen molar-refractivity contribution in [1.82, 2.24) is 15.5 Å². The second kappa shape index (κ2) is 5.00. The molecular formula is C13H22N4. The number of hydrogen-bond acceptors (Lipinski definition) is 4. The summed E-state index contributed by atoms with van der Waals surface area (Å²) in [6.07, 6.45) is 4.03. The maximum absolute atomic E-state index is 4.17. The lowest BCUT2D eigenvalue weighted by Gasteiger charge is -2.41. The molecule has 2 rings (SSSR count). The molecule has 1 saturated heterocycles. The van der Waals surface area contributed by atoms with Crippen LogP contribution in [0.25, 0.3) is 0 Å². The monoisotopic (exact) mass is 234 g/mol. The van der Waals surface area contributed by atoms with Crippen LogP contribution in [0.5, 0.6) is 0 Å². The summed E-state index contributed by atoms with van der Waals surface area (Å²) in [6, 6.07) is 4.52. The van der Waals surface area contributed by atoms with Crippen molar-refractivity contribution in [1.29, 1.82) is 0 Å². The Morgan fingerprint density at radius 2 is 2.06 bits per heavy atom. The molecule has 4 nitrogen and oxygen atoms in total. The first kappa shape index (κ1) is 12.3. The predicted octanol–water partition coefficient (Wildman–Crippen LogP) is 1.83. The van der Waals surface area contributed by atoms with E-state index in [-0.39, 0.29) is 5.54 Å². The van der Waals surface area contributed by atoms with E-state index in [4.69, 9.17) is 0 Å². The van der Waals surface area contributed by atoms with Crippen molar-refractivity contribution >= 4 is 5.82 Å². The number of nitrogens with zero attached hydrogens (tertiary/aromatic N) is 3. The maximum Gasteiger partial charge on any atom is 0.151 e. The van der Waals surface area contributed by atoms with Crippen LogP contribution in [0.2, 0.25) is 0 Å². The van der Waals surface area contributed by atoms with Gasteiger partial charge in [0, 0.05) is 30.9 Å². The van der Waals surface area contributed by atoms with Gasteiger partial charge in [-0.1, -0.05) is 13.8 Å². The van der Waals surface area contributed by atoms with Crippen LogP contribution in [0.1, 0.15) is 33.6 Å². The van der Waals surface area contributed by atoms with E-state index >= 15 is 0 Å². The fraction of sp³-hybridized carbons (Fsp3) is 0.692. The van der Waals surface area contributed by atoms with E-state index in [9.17, 15) is 0 Å². The normalized spacial score (nSPS) is 19.6. The molecular weight excluding hydrogens is 212 g/mol. The summed E-state index contributed by atoms with van der Waals surface area (Å²) in [5.74, 6) is 0.999. The molecule has 0 bridgehead atoms. The largest absolute Gasteiger partial charge is 0.355 e. The molecule has 0 unspecified atom stereocenters. The van der Waals surface area contributed by atoms with Gasteiger partial charge in [0.25, 0.3) is 0 Å². The van der Waals surface area contributed by atoms with Crippen LogP contribution in [-0.2, 0) is 0 Å². The quantitative estimate of drug-likeness (QED) is 0.866. The minimum atomic E-state index is 0.271. The van der Waals surface area contributed by atoms with E-state index in [2.05, 4.69) is 41.2 Å². The highest BCUT2D eigenvalue weighted by molar-refractivity contribution is 5.37. The SMILES string of the molecule is CC(C)NC1(C)CCN(c2cccnn2)CC1. The Kier molecular flexibility index (Phi) is 3.62. The summed E-state index contributed by atoms with van der Waals surface area (Å²) >= 11 is 0. The van der Waals surface area contributed by atoms with Crippen molar-refractivity contribution in [3.8, 4) is 0 Å². The summed E-state index contributed by atoms with van der Waals surface area (Å²) in [7, 11) is 0. The molecule has 1 fully saturated rings. The molecule has 0 radical (unpaired) electrons. The molecule has 0 aliphatic carbocycles. The number of piperidine rings is 1. The zero-order valence-corrected chi connectivity index (χ0v) is 11.0. The smallest absolute Gasteiger partial charge is 0.151 e. The van der Waals surface area contributed by atoms with Gasteiger partial charge in [-0.15, -0.1) is 5.10 Å². The lowest BCUT2D eigenvalue weighted by atomic mass is 9.89. The van der Waals surface area contributed by atoms with E-state index in [1.165, 1.54) is 0 Å². The van der Waals surface area contributed by atoms with Crippen LogP contribution >= 0.6 is 0 Å². The van der Waals surface area contributed by atoms with Crippen LogP contribution < -0.4 is 10.2 Å². The number of nitrogens with one attached hydrogen (secondary N) is 1. The first-order chi connectivity index (χ1) is 8.09. The van der Waals surface area contributed by atoms with Gasteiger partial charge in [-0.25, -0.2) is 0 Å². The highest BCUT2D eigenvalue weighted by atomic mass is 15.3. The molecule has 1 aliphatic rings. The summed E-state index contributed by atoms with van der Waals surface area (Å²) in [5, 5.41) is 11.8. The third-order valence-corrected chi connectivity index (χ3v) is 3.39. The number of hydrogen-bond donors (Lipinski definition) is 1. The fourth-order valence-corrected chi connectivity index (χ4v) is 2.53.